The molecule has 1 aliphatic heterocycles. The van der Waals surface area contributed by atoms with Crippen LogP contribution in [0.25, 0.3) is 0 Å². The van der Waals surface area contributed by atoms with E-state index < -0.39 is 8.72 Å². The number of rotatable bonds is 3. The Morgan fingerprint density at radius 3 is 2.20 bits per heavy atom. The third-order valence-electron chi connectivity index (χ3n) is 4.16. The quantitative estimate of drug-likeness (QED) is 0.693. The van der Waals surface area contributed by atoms with Gasteiger partial charge in [0.2, 0.25) is 0 Å². The number of hydrogen-bond acceptors (Lipinski definition) is 3. The van der Waals surface area contributed by atoms with Gasteiger partial charge in [0.1, 0.15) is 0 Å². The van der Waals surface area contributed by atoms with E-state index in [-0.39, 0.29) is 0 Å². The average Bonchev–Trinajstić information content (AvgIpc) is 2.17. The number of nitrogens with zero attached hydrogens (tertiary/aromatic N) is 1. The molecule has 2 fully saturated rings. The van der Waals surface area contributed by atoms with Gasteiger partial charge in [-0.15, -0.1) is 0 Å². The first-order valence-corrected chi connectivity index (χ1v) is 7.95. The van der Waals surface area contributed by atoms with Gasteiger partial charge in [0.15, 0.2) is 0 Å². The Morgan fingerprint density at radius 1 is 1.07 bits per heavy atom. The lowest BCUT2D eigenvalue weighted by atomic mass is 9.93. The van der Waals surface area contributed by atoms with Crippen LogP contribution in [0, 0.1) is 0 Å². The lowest BCUT2D eigenvalue weighted by Gasteiger charge is -2.51. The highest BCUT2D eigenvalue weighted by Crippen LogP contribution is 2.40. The molecule has 0 aromatic rings. The molecule has 1 saturated heterocycles. The van der Waals surface area contributed by atoms with Crippen molar-refractivity contribution < 1.29 is 8.85 Å². The fourth-order valence-corrected chi connectivity index (χ4v) is 6.86. The summed E-state index contributed by atoms with van der Waals surface area (Å²) < 4.78 is 14.3. The van der Waals surface area contributed by atoms with Gasteiger partial charge in [-0.1, -0.05) is 13.3 Å². The van der Waals surface area contributed by atoms with Crippen LogP contribution in [0.15, 0.2) is 0 Å². The van der Waals surface area contributed by atoms with Crippen LogP contribution < -0.4 is 0 Å². The molecular formula is C11H23NO2Si. The highest BCUT2D eigenvalue weighted by Gasteiger charge is 2.53. The zero-order valence-electron chi connectivity index (χ0n) is 10.2. The van der Waals surface area contributed by atoms with Crippen LogP contribution in [0.1, 0.15) is 39.0 Å². The first kappa shape index (κ1) is 11.6. The first-order chi connectivity index (χ1) is 7.24. The fraction of sp³-hybridized carbons (Fsp3) is 1.00. The Morgan fingerprint density at radius 2 is 1.73 bits per heavy atom. The van der Waals surface area contributed by atoms with Crippen molar-refractivity contribution in [1.82, 2.24) is 4.57 Å². The van der Waals surface area contributed by atoms with E-state index in [1.807, 2.05) is 14.2 Å². The molecule has 2 aliphatic rings. The van der Waals surface area contributed by atoms with Crippen LogP contribution >= 0.6 is 0 Å². The maximum absolute atomic E-state index is 5.85. The normalized spacial score (nSPS) is 32.6. The largest absolute Gasteiger partial charge is 0.430 e. The van der Waals surface area contributed by atoms with Crippen LogP contribution in [-0.4, -0.2) is 40.1 Å². The van der Waals surface area contributed by atoms with Gasteiger partial charge >= 0.3 is 8.72 Å². The van der Waals surface area contributed by atoms with Gasteiger partial charge in [-0.3, -0.25) is 4.57 Å². The summed E-state index contributed by atoms with van der Waals surface area (Å²) in [5, 5.41) is 0. The molecule has 1 atom stereocenters. The topological polar surface area (TPSA) is 21.7 Å². The molecule has 0 amide bonds. The Kier molecular flexibility index (Phi) is 3.50. The van der Waals surface area contributed by atoms with Crippen molar-refractivity contribution >= 4 is 8.72 Å². The Labute approximate surface area is 94.1 Å². The van der Waals surface area contributed by atoms with Crippen molar-refractivity contribution in [2.45, 2.75) is 50.6 Å². The molecule has 88 valence electrons. The Balaban J connectivity index is 2.16. The molecule has 1 saturated carbocycles. The minimum absolute atomic E-state index is 0.599. The van der Waals surface area contributed by atoms with E-state index in [1.165, 1.54) is 38.6 Å². The SMILES string of the molecule is CO[Si]1(OC)C(C)CCCN1C1CCC1. The predicted octanol–water partition coefficient (Wildman–Crippen LogP) is 2.26. The molecule has 4 heteroatoms. The summed E-state index contributed by atoms with van der Waals surface area (Å²) in [7, 11) is 1.61. The van der Waals surface area contributed by atoms with Gasteiger partial charge < -0.3 is 8.85 Å². The minimum Gasteiger partial charge on any atom is -0.386 e. The molecule has 1 heterocycles. The maximum atomic E-state index is 5.85. The molecule has 0 aromatic heterocycles. The third-order valence-corrected chi connectivity index (χ3v) is 8.25. The molecule has 1 unspecified atom stereocenters. The second kappa shape index (κ2) is 4.53. The van der Waals surface area contributed by atoms with E-state index >= 15 is 0 Å². The van der Waals surface area contributed by atoms with Crippen LogP contribution in [0.5, 0.6) is 0 Å². The molecular weight excluding hydrogens is 206 g/mol. The van der Waals surface area contributed by atoms with Crippen molar-refractivity contribution in [3.05, 3.63) is 0 Å². The van der Waals surface area contributed by atoms with E-state index in [2.05, 4.69) is 11.5 Å². The van der Waals surface area contributed by atoms with Crippen molar-refractivity contribution in [3.8, 4) is 0 Å². The summed E-state index contributed by atoms with van der Waals surface area (Å²) in [5.41, 5.74) is 0.599. The smallest absolute Gasteiger partial charge is 0.386 e. The predicted molar refractivity (Wildman–Crippen MR) is 62.8 cm³/mol. The van der Waals surface area contributed by atoms with Gasteiger partial charge in [0.25, 0.3) is 0 Å². The van der Waals surface area contributed by atoms with Gasteiger partial charge in [-0.05, 0) is 32.2 Å². The van der Waals surface area contributed by atoms with Crippen molar-refractivity contribution in [2.75, 3.05) is 20.8 Å². The molecule has 0 spiro atoms. The Hall–Kier alpha value is 0.0969. The lowest BCUT2D eigenvalue weighted by Crippen LogP contribution is -2.66. The second-order valence-corrected chi connectivity index (χ2v) is 8.50. The first-order valence-electron chi connectivity index (χ1n) is 6.11. The van der Waals surface area contributed by atoms with Gasteiger partial charge in [-0.25, -0.2) is 0 Å². The molecule has 0 N–H and O–H groups in total. The summed E-state index contributed by atoms with van der Waals surface area (Å²) >= 11 is 0. The molecule has 0 aromatic carbocycles. The van der Waals surface area contributed by atoms with Crippen LogP contribution in [-0.2, 0) is 8.85 Å². The van der Waals surface area contributed by atoms with Crippen LogP contribution in [0.2, 0.25) is 5.54 Å². The minimum atomic E-state index is -2.06. The molecule has 0 radical (unpaired) electrons. The lowest BCUT2D eigenvalue weighted by molar-refractivity contribution is 0.0804. The van der Waals surface area contributed by atoms with E-state index in [1.54, 1.807) is 0 Å². The fourth-order valence-electron chi connectivity index (χ4n) is 3.04. The zero-order chi connectivity index (χ0) is 10.9. The van der Waals surface area contributed by atoms with E-state index in [0.717, 1.165) is 6.04 Å². The van der Waals surface area contributed by atoms with Gasteiger partial charge in [-0.2, -0.15) is 0 Å². The van der Waals surface area contributed by atoms with Crippen LogP contribution in [0.3, 0.4) is 0 Å². The van der Waals surface area contributed by atoms with Crippen molar-refractivity contribution in [2.24, 2.45) is 0 Å². The Bertz CT molecular complexity index is 217. The van der Waals surface area contributed by atoms with Gasteiger partial charge in [0, 0.05) is 25.8 Å². The van der Waals surface area contributed by atoms with Gasteiger partial charge in [0.05, 0.1) is 0 Å². The standard InChI is InChI=1S/C11H23NO2Si/c1-10-6-5-9-12(11-7-4-8-11)15(10,13-2)14-3/h10-11H,4-9H2,1-3H3. The molecule has 2 rings (SSSR count). The van der Waals surface area contributed by atoms with Crippen molar-refractivity contribution in [3.63, 3.8) is 0 Å². The zero-order valence-corrected chi connectivity index (χ0v) is 11.2. The van der Waals surface area contributed by atoms with Crippen LogP contribution in [0.4, 0.5) is 0 Å². The summed E-state index contributed by atoms with van der Waals surface area (Å²) in [4.78, 5) is 0. The summed E-state index contributed by atoms with van der Waals surface area (Å²) in [6, 6.07) is 0.749. The highest BCUT2D eigenvalue weighted by atomic mass is 28.4. The monoisotopic (exact) mass is 229 g/mol. The van der Waals surface area contributed by atoms with E-state index in [4.69, 9.17) is 8.85 Å². The van der Waals surface area contributed by atoms with Crippen molar-refractivity contribution in [1.29, 1.82) is 0 Å². The summed E-state index contributed by atoms with van der Waals surface area (Å²) in [6.07, 6.45) is 6.63. The number of hydrogen-bond donors (Lipinski definition) is 0. The summed E-state index contributed by atoms with van der Waals surface area (Å²) in [6.45, 7) is 3.48. The summed E-state index contributed by atoms with van der Waals surface area (Å²) in [5.74, 6) is 0. The molecule has 0 bridgehead atoms. The molecule has 1 aliphatic carbocycles. The van der Waals surface area contributed by atoms with E-state index in [0.29, 0.717) is 5.54 Å². The maximum Gasteiger partial charge on any atom is 0.430 e. The third kappa shape index (κ3) is 1.77. The van der Waals surface area contributed by atoms with E-state index in [9.17, 15) is 0 Å². The molecule has 3 nitrogen and oxygen atoms in total. The average molecular weight is 229 g/mol. The highest BCUT2D eigenvalue weighted by molar-refractivity contribution is 6.66. The molecule has 15 heavy (non-hydrogen) atoms. The second-order valence-electron chi connectivity index (χ2n) is 4.86.